The zero-order valence-electron chi connectivity index (χ0n) is 69.0. The summed E-state index contributed by atoms with van der Waals surface area (Å²) in [5.41, 5.74) is 28.8. The van der Waals surface area contributed by atoms with Crippen molar-refractivity contribution < 1.29 is 35.6 Å². The number of rotatable bonds is 12. The number of benzene rings is 6. The summed E-state index contributed by atoms with van der Waals surface area (Å²) in [5, 5.41) is 0. The molecule has 0 aliphatic rings. The highest BCUT2D eigenvalue weighted by molar-refractivity contribution is 5.66. The fraction of sp³-hybridized carbons (Fsp3) is 0.290. The Kier molecular flexibility index (Phi) is 25.5. The lowest BCUT2D eigenvalue weighted by molar-refractivity contribution is -0.660. The highest BCUT2D eigenvalue weighted by atomic mass is 14.9. The Morgan fingerprint density at radius 2 is 0.687 bits per heavy atom. The van der Waals surface area contributed by atoms with E-state index >= 15 is 0 Å². The molecule has 0 fully saturated rings. The molecule has 6 heteroatoms. The summed E-state index contributed by atoms with van der Waals surface area (Å²) in [6.45, 7) is 26.7. The maximum Gasteiger partial charge on any atom is 0.212 e. The third-order valence-electron chi connectivity index (χ3n) is 17.8. The summed E-state index contributed by atoms with van der Waals surface area (Å²) in [6, 6.07) is 75.4. The molecule has 6 heterocycles. The Bertz CT molecular complexity index is 4870. The Morgan fingerprint density at radius 3 is 1.12 bits per heavy atom. The maximum absolute atomic E-state index is 8.26. The van der Waals surface area contributed by atoms with Crippen LogP contribution in [0.15, 0.2) is 256 Å². The van der Waals surface area contributed by atoms with Crippen molar-refractivity contribution in [1.82, 2.24) is 0 Å². The van der Waals surface area contributed by atoms with Gasteiger partial charge in [0.05, 0.1) is 0 Å². The van der Waals surface area contributed by atoms with Gasteiger partial charge in [0.25, 0.3) is 0 Å². The predicted molar refractivity (Wildman–Crippen MR) is 417 cm³/mol. The Balaban J connectivity index is 0.000000177. The Morgan fingerprint density at radius 1 is 0.313 bits per heavy atom. The summed E-state index contributed by atoms with van der Waals surface area (Å²) < 4.78 is 60.1. The molecule has 0 saturated carbocycles. The average molecular weight is 1320 g/mol. The molecule has 0 spiro atoms. The van der Waals surface area contributed by atoms with Crippen LogP contribution in [-0.2, 0) is 61.5 Å². The van der Waals surface area contributed by atoms with Crippen LogP contribution in [-0.4, -0.2) is 0 Å². The molecule has 6 aromatic carbocycles. The van der Waals surface area contributed by atoms with Gasteiger partial charge < -0.3 is 0 Å². The topological polar surface area (TPSA) is 23.3 Å². The minimum Gasteiger partial charge on any atom is -0.201 e. The summed E-state index contributed by atoms with van der Waals surface area (Å²) in [4.78, 5) is 0. The van der Waals surface area contributed by atoms with Crippen LogP contribution in [0.4, 0.5) is 0 Å². The second kappa shape index (κ2) is 37.3. The molecule has 1 atom stereocenters. The standard InChI is InChI=1S/2C17H22N.C16H20N.C15H18N.2C14H16N/c1-13(2)11-15-8-9-16(14(3)12-15)17-7-5-6-10-18(17)4;1-13(2)11-15-9-10-18(4)17(12-15)16-8-6-5-7-14(16)3;1-12(2)14-9-10-17(4)16(11-14)15-8-6-5-7-13(15)3;1-4-13-8-9-14(12(2)11-13)15-7-5-6-10-16(15)3;1-11-7-8-13(12(2)10-11)14-6-4-5-9-15(14)3;1-11-7-8-12(2)13(10-11)14-6-4-5-9-15(14)3/h2*5-10,12-13H,11H2,1-4H3;5-12H,1-4H3;5-11H,4H2,1-3H3;2*4-10H,1-3H3/q6*+1/i;11D2;1D3,12D;;;. The minimum atomic E-state index is -2.37. The fourth-order valence-electron chi connectivity index (χ4n) is 12.2. The zero-order chi connectivity index (χ0) is 77.1. The number of hydrogen-bond donors (Lipinski definition) is 0. The first-order valence-electron chi connectivity index (χ1n) is 37.9. The van der Waals surface area contributed by atoms with Gasteiger partial charge in [0, 0.05) is 114 Å². The van der Waals surface area contributed by atoms with E-state index in [1.165, 1.54) is 102 Å². The van der Waals surface area contributed by atoms with Gasteiger partial charge in [-0.25, -0.2) is 27.4 Å². The third-order valence-corrected chi connectivity index (χ3v) is 17.8. The molecule has 0 bridgehead atoms. The van der Waals surface area contributed by atoms with E-state index in [9.17, 15) is 0 Å². The molecule has 6 nitrogen and oxygen atoms in total. The van der Waals surface area contributed by atoms with E-state index in [2.05, 4.69) is 292 Å². The largest absolute Gasteiger partial charge is 0.212 e. The van der Waals surface area contributed by atoms with Crippen molar-refractivity contribution in [3.8, 4) is 67.5 Å². The van der Waals surface area contributed by atoms with Gasteiger partial charge in [-0.05, 0) is 209 Å². The van der Waals surface area contributed by atoms with E-state index in [4.69, 9.17) is 8.22 Å². The van der Waals surface area contributed by atoms with Gasteiger partial charge in [0.15, 0.2) is 37.2 Å². The van der Waals surface area contributed by atoms with E-state index in [-0.39, 0.29) is 5.92 Å². The van der Waals surface area contributed by atoms with Gasteiger partial charge in [-0.1, -0.05) is 144 Å². The first-order valence-corrected chi connectivity index (χ1v) is 34.9. The molecule has 0 saturated heterocycles. The number of hydrogen-bond acceptors (Lipinski definition) is 0. The lowest BCUT2D eigenvalue weighted by Crippen LogP contribution is -2.30. The molecule has 99 heavy (non-hydrogen) atoms. The van der Waals surface area contributed by atoms with E-state index in [1.54, 1.807) is 6.07 Å². The van der Waals surface area contributed by atoms with Crippen molar-refractivity contribution in [3.63, 3.8) is 0 Å². The number of aryl methyl sites for hydroxylation is 15. The quantitative estimate of drug-likeness (QED) is 0.109. The van der Waals surface area contributed by atoms with Gasteiger partial charge in [-0.2, -0.15) is 0 Å². The zero-order valence-corrected chi connectivity index (χ0v) is 63.0. The fourth-order valence-corrected chi connectivity index (χ4v) is 12.2. The minimum absolute atomic E-state index is 0.0556. The van der Waals surface area contributed by atoms with E-state index in [0.717, 1.165) is 46.5 Å². The molecule has 0 amide bonds. The molecule has 510 valence electrons. The SMILES string of the molecule is CCc1ccc(-c2cccc[n+]2C)c(C)c1.Cc1cc(CC(C)C)ccc1-c1cccc[n+]1C.Cc1ccc(-c2cccc[n+]2C)c(C)c1.Cc1ccc(C)c(-c2cccc[n+]2C)c1.[2H]C([2H])([2H])C([2H])(C)c1cc[n+](C)c(-c2ccccc2C)c1.[2H]C([2H])(c1cc[n+](C)c(-c2ccccc2C)c1)C(C)C. The van der Waals surface area contributed by atoms with Crippen LogP contribution in [0.1, 0.15) is 129 Å². The normalized spacial score (nSPS) is 12.4. The summed E-state index contributed by atoms with van der Waals surface area (Å²) in [7, 11) is 12.3. The van der Waals surface area contributed by atoms with Crippen molar-refractivity contribution in [2.45, 2.75) is 129 Å². The van der Waals surface area contributed by atoms with Crippen molar-refractivity contribution in [3.05, 3.63) is 322 Å². The smallest absolute Gasteiger partial charge is 0.201 e. The van der Waals surface area contributed by atoms with Crippen LogP contribution < -0.4 is 27.4 Å². The number of pyridine rings is 6. The van der Waals surface area contributed by atoms with E-state index in [1.807, 2.05) is 117 Å². The first kappa shape index (κ1) is 67.8. The molecule has 0 aliphatic carbocycles. The lowest BCUT2D eigenvalue weighted by Gasteiger charge is -2.09. The van der Waals surface area contributed by atoms with Gasteiger partial charge in [-0.15, -0.1) is 0 Å². The Hall–Kier alpha value is -9.78. The average Bonchev–Trinajstić information content (AvgIpc) is 0.775. The van der Waals surface area contributed by atoms with Gasteiger partial charge in [-0.3, -0.25) is 0 Å². The lowest BCUT2D eigenvalue weighted by atomic mass is 9.97. The molecule has 12 rings (SSSR count). The third kappa shape index (κ3) is 22.1. The highest BCUT2D eigenvalue weighted by Crippen LogP contribution is 2.28. The molecule has 6 aromatic heterocycles. The summed E-state index contributed by atoms with van der Waals surface area (Å²) in [5.74, 6) is -0.971. The van der Waals surface area contributed by atoms with Crippen molar-refractivity contribution in [1.29, 1.82) is 0 Å². The second-order valence-electron chi connectivity index (χ2n) is 27.1. The number of nitrogens with zero attached hydrogens (tertiary/aromatic N) is 6. The van der Waals surface area contributed by atoms with Crippen LogP contribution >= 0.6 is 0 Å². The molecular weight excluding hydrogens is 1200 g/mol. The number of aromatic nitrogens is 6. The van der Waals surface area contributed by atoms with Crippen LogP contribution in [0.3, 0.4) is 0 Å². The maximum atomic E-state index is 8.26. The molecule has 0 aliphatic heterocycles. The molecule has 1 unspecified atom stereocenters. The predicted octanol–water partition coefficient (Wildman–Crippen LogP) is 19.6. The molecular formula is C93H114N6+6. The molecule has 12 aromatic rings. The van der Waals surface area contributed by atoms with Gasteiger partial charge >= 0.3 is 0 Å². The van der Waals surface area contributed by atoms with Crippen molar-refractivity contribution >= 4 is 0 Å². The highest BCUT2D eigenvalue weighted by Gasteiger charge is 2.18. The van der Waals surface area contributed by atoms with E-state index < -0.39 is 19.1 Å². The summed E-state index contributed by atoms with van der Waals surface area (Å²) in [6.07, 6.45) is 13.0. The van der Waals surface area contributed by atoms with Gasteiger partial charge in [0.1, 0.15) is 42.3 Å². The first-order chi connectivity index (χ1) is 49.6. The summed E-state index contributed by atoms with van der Waals surface area (Å²) >= 11 is 0. The second-order valence-corrected chi connectivity index (χ2v) is 27.1. The van der Waals surface area contributed by atoms with E-state index in [0.29, 0.717) is 11.5 Å². The van der Waals surface area contributed by atoms with Gasteiger partial charge in [0.2, 0.25) is 34.2 Å². The van der Waals surface area contributed by atoms with Crippen LogP contribution in [0, 0.1) is 67.2 Å². The molecule has 0 N–H and O–H groups in total. The Labute approximate surface area is 605 Å². The van der Waals surface area contributed by atoms with Crippen LogP contribution in [0.5, 0.6) is 0 Å². The van der Waals surface area contributed by atoms with Crippen LogP contribution in [0.2, 0.25) is 0 Å². The monoisotopic (exact) mass is 1320 g/mol. The molecule has 0 radical (unpaired) electrons. The van der Waals surface area contributed by atoms with Crippen molar-refractivity contribution in [2.75, 3.05) is 0 Å². The van der Waals surface area contributed by atoms with Crippen molar-refractivity contribution in [2.24, 2.45) is 54.1 Å². The van der Waals surface area contributed by atoms with Crippen LogP contribution in [0.25, 0.3) is 67.5 Å².